The van der Waals surface area contributed by atoms with E-state index in [1.165, 1.54) is 57.8 Å². The summed E-state index contributed by atoms with van der Waals surface area (Å²) in [4.78, 5) is 30.2. The van der Waals surface area contributed by atoms with Crippen molar-refractivity contribution in [2.24, 2.45) is 0 Å². The Labute approximate surface area is 228 Å². The average Bonchev–Trinajstić information content (AvgIpc) is 3.33. The van der Waals surface area contributed by atoms with Gasteiger partial charge in [0.1, 0.15) is 11.5 Å². The van der Waals surface area contributed by atoms with Crippen molar-refractivity contribution in [1.29, 1.82) is 0 Å². The summed E-state index contributed by atoms with van der Waals surface area (Å²) in [5.41, 5.74) is 0.591. The zero-order valence-corrected chi connectivity index (χ0v) is 24.2. The lowest BCUT2D eigenvalue weighted by molar-refractivity contribution is -0.132. The lowest BCUT2D eigenvalue weighted by atomic mass is 10.00. The molecular weight excluding hydrogens is 484 g/mol. The van der Waals surface area contributed by atoms with Gasteiger partial charge in [-0.25, -0.2) is 0 Å². The van der Waals surface area contributed by atoms with E-state index in [0.29, 0.717) is 23.5 Å². The van der Waals surface area contributed by atoms with Crippen molar-refractivity contribution >= 4 is 23.6 Å². The molecule has 1 spiro atoms. The molecule has 2 fully saturated rings. The zero-order valence-electron chi connectivity index (χ0n) is 23.4. The maximum absolute atomic E-state index is 13.5. The van der Waals surface area contributed by atoms with E-state index >= 15 is 0 Å². The number of carbonyl (C=O) groups excluding carboxylic acids is 2. The van der Waals surface area contributed by atoms with Crippen LogP contribution in [0.2, 0.25) is 0 Å². The topological polar surface area (TPSA) is 59.1 Å². The minimum absolute atomic E-state index is 0.0166. The predicted octanol–water partition coefficient (Wildman–Crippen LogP) is 6.91. The smallest absolute Gasteiger partial charge is 0.255 e. The van der Waals surface area contributed by atoms with Gasteiger partial charge in [0.25, 0.3) is 5.91 Å². The minimum Gasteiger partial charge on any atom is -0.497 e. The molecule has 0 atom stereocenters. The molecule has 0 unspecified atom stereocenters. The van der Waals surface area contributed by atoms with Crippen LogP contribution >= 0.6 is 11.8 Å². The largest absolute Gasteiger partial charge is 0.497 e. The van der Waals surface area contributed by atoms with Crippen LogP contribution < -0.4 is 9.47 Å². The van der Waals surface area contributed by atoms with E-state index in [-0.39, 0.29) is 16.7 Å². The molecule has 0 N–H and O–H groups in total. The monoisotopic (exact) mass is 532 g/mol. The number of thioether (sulfide) groups is 1. The Kier molecular flexibility index (Phi) is 12.4. The van der Waals surface area contributed by atoms with Gasteiger partial charge in [-0.15, -0.1) is 11.8 Å². The van der Waals surface area contributed by atoms with Crippen molar-refractivity contribution in [3.8, 4) is 11.5 Å². The SMILES string of the molecule is CCCCCCCCCCCCCC(=O)N1CCC2(CC1)SCCN2C(=O)c1cc(OC)cc(OC)c1. The summed E-state index contributed by atoms with van der Waals surface area (Å²) in [6, 6.07) is 5.35. The second kappa shape index (κ2) is 15.5. The van der Waals surface area contributed by atoms with Gasteiger partial charge in [0.05, 0.1) is 19.1 Å². The number of carbonyl (C=O) groups is 2. The van der Waals surface area contributed by atoms with Crippen LogP contribution in [0, 0.1) is 0 Å². The highest BCUT2D eigenvalue weighted by atomic mass is 32.2. The summed E-state index contributed by atoms with van der Waals surface area (Å²) in [7, 11) is 3.19. The van der Waals surface area contributed by atoms with E-state index in [1.54, 1.807) is 32.4 Å². The molecular formula is C30H48N2O4S. The maximum Gasteiger partial charge on any atom is 0.255 e. The molecule has 0 aliphatic carbocycles. The number of benzene rings is 1. The lowest BCUT2D eigenvalue weighted by Crippen LogP contribution is -2.53. The number of methoxy groups -OCH3 is 2. The first kappa shape index (κ1) is 29.7. The second-order valence-corrected chi connectivity index (χ2v) is 12.0. The summed E-state index contributed by atoms with van der Waals surface area (Å²) < 4.78 is 10.7. The normalized spacial score (nSPS) is 16.8. The third-order valence-electron chi connectivity index (χ3n) is 7.91. The van der Waals surface area contributed by atoms with Crippen molar-refractivity contribution < 1.29 is 19.1 Å². The van der Waals surface area contributed by atoms with Gasteiger partial charge in [-0.1, -0.05) is 71.1 Å². The molecule has 2 saturated heterocycles. The molecule has 2 aliphatic rings. The molecule has 37 heavy (non-hydrogen) atoms. The van der Waals surface area contributed by atoms with Crippen molar-refractivity contribution in [3.05, 3.63) is 23.8 Å². The second-order valence-electron chi connectivity index (χ2n) is 10.5. The first-order valence-corrected chi connectivity index (χ1v) is 15.5. The van der Waals surface area contributed by atoms with E-state index in [4.69, 9.17) is 9.47 Å². The standard InChI is InChI=1S/C30H48N2O4S/c1-4-5-6-7-8-9-10-11-12-13-14-15-28(33)31-18-16-30(17-19-31)32(20-21-37-30)29(34)25-22-26(35-2)24-27(23-25)36-3/h22-24H,4-21H2,1-3H3. The summed E-state index contributed by atoms with van der Waals surface area (Å²) in [6.45, 7) is 4.46. The molecule has 2 aliphatic heterocycles. The Bertz CT molecular complexity index is 832. The molecule has 208 valence electrons. The fourth-order valence-corrected chi connectivity index (χ4v) is 7.06. The van der Waals surface area contributed by atoms with Crippen LogP contribution in [-0.2, 0) is 4.79 Å². The molecule has 0 aromatic heterocycles. The van der Waals surface area contributed by atoms with Gasteiger partial charge in [-0.3, -0.25) is 9.59 Å². The lowest BCUT2D eigenvalue weighted by Gasteiger charge is -2.44. The van der Waals surface area contributed by atoms with Gasteiger partial charge in [0.2, 0.25) is 5.91 Å². The van der Waals surface area contributed by atoms with Gasteiger partial charge >= 0.3 is 0 Å². The Morgan fingerprint density at radius 1 is 0.811 bits per heavy atom. The Balaban J connectivity index is 1.39. The highest BCUT2D eigenvalue weighted by Gasteiger charge is 2.47. The fourth-order valence-electron chi connectivity index (χ4n) is 5.60. The molecule has 6 nitrogen and oxygen atoms in total. The summed E-state index contributed by atoms with van der Waals surface area (Å²) in [6.07, 6.45) is 16.5. The number of rotatable bonds is 15. The highest BCUT2D eigenvalue weighted by Crippen LogP contribution is 2.45. The van der Waals surface area contributed by atoms with Crippen LogP contribution in [0.4, 0.5) is 0 Å². The molecule has 0 bridgehead atoms. The third-order valence-corrected chi connectivity index (χ3v) is 9.47. The van der Waals surface area contributed by atoms with Gasteiger partial charge in [0.15, 0.2) is 0 Å². The number of hydrogen-bond acceptors (Lipinski definition) is 5. The van der Waals surface area contributed by atoms with E-state index in [0.717, 1.165) is 51.1 Å². The first-order chi connectivity index (χ1) is 18.0. The van der Waals surface area contributed by atoms with Crippen molar-refractivity contribution in [2.75, 3.05) is 39.6 Å². The minimum atomic E-state index is -0.222. The molecule has 2 heterocycles. The Morgan fingerprint density at radius 3 is 1.89 bits per heavy atom. The first-order valence-electron chi connectivity index (χ1n) is 14.5. The number of unbranched alkanes of at least 4 members (excludes halogenated alkanes) is 10. The van der Waals surface area contributed by atoms with E-state index in [9.17, 15) is 9.59 Å². The molecule has 1 aromatic rings. The highest BCUT2D eigenvalue weighted by molar-refractivity contribution is 8.00. The number of hydrogen-bond donors (Lipinski definition) is 0. The maximum atomic E-state index is 13.5. The quantitative estimate of drug-likeness (QED) is 0.230. The Morgan fingerprint density at radius 2 is 1.35 bits per heavy atom. The number of likely N-dealkylation sites (tertiary alicyclic amines) is 1. The van der Waals surface area contributed by atoms with Crippen LogP contribution in [0.1, 0.15) is 107 Å². The van der Waals surface area contributed by atoms with Crippen molar-refractivity contribution in [2.45, 2.75) is 102 Å². The van der Waals surface area contributed by atoms with E-state index < -0.39 is 0 Å². The predicted molar refractivity (Wildman–Crippen MR) is 153 cm³/mol. The third kappa shape index (κ3) is 8.56. The summed E-state index contributed by atoms with van der Waals surface area (Å²) in [5.74, 6) is 2.46. The Hall–Kier alpha value is -1.89. The van der Waals surface area contributed by atoms with Gasteiger partial charge < -0.3 is 19.3 Å². The van der Waals surface area contributed by atoms with Crippen LogP contribution in [0.15, 0.2) is 18.2 Å². The number of piperidine rings is 1. The van der Waals surface area contributed by atoms with Gasteiger partial charge in [-0.05, 0) is 31.4 Å². The molecule has 1 aromatic carbocycles. The van der Waals surface area contributed by atoms with Gasteiger partial charge in [-0.2, -0.15) is 0 Å². The van der Waals surface area contributed by atoms with Crippen LogP contribution in [0.25, 0.3) is 0 Å². The number of nitrogens with zero attached hydrogens (tertiary/aromatic N) is 2. The summed E-state index contributed by atoms with van der Waals surface area (Å²) >= 11 is 1.87. The van der Waals surface area contributed by atoms with Crippen LogP contribution in [-0.4, -0.2) is 66.1 Å². The fraction of sp³-hybridized carbons (Fsp3) is 0.733. The molecule has 0 radical (unpaired) electrons. The molecule has 7 heteroatoms. The molecule has 0 saturated carbocycles. The van der Waals surface area contributed by atoms with Crippen LogP contribution in [0.3, 0.4) is 0 Å². The van der Waals surface area contributed by atoms with Crippen molar-refractivity contribution in [3.63, 3.8) is 0 Å². The number of ether oxygens (including phenoxy) is 2. The zero-order chi connectivity index (χ0) is 26.5. The average molecular weight is 533 g/mol. The number of amides is 2. The molecule has 2 amide bonds. The van der Waals surface area contributed by atoms with E-state index in [2.05, 4.69) is 6.92 Å². The van der Waals surface area contributed by atoms with E-state index in [1.807, 2.05) is 21.6 Å². The van der Waals surface area contributed by atoms with Crippen LogP contribution in [0.5, 0.6) is 11.5 Å². The summed E-state index contributed by atoms with van der Waals surface area (Å²) in [5, 5.41) is 0. The molecule has 3 rings (SSSR count). The van der Waals surface area contributed by atoms with Crippen molar-refractivity contribution in [1.82, 2.24) is 9.80 Å². The van der Waals surface area contributed by atoms with Gasteiger partial charge in [0, 0.05) is 43.4 Å².